The fourth-order valence-electron chi connectivity index (χ4n) is 2.80. The molecule has 2 heterocycles. The molecule has 0 aromatic rings. The van der Waals surface area contributed by atoms with E-state index in [4.69, 9.17) is 5.11 Å². The fourth-order valence-corrected chi connectivity index (χ4v) is 2.80. The number of carbonyl (C=O) groups is 2. The number of carboxylic acids is 1. The van der Waals surface area contributed by atoms with Crippen molar-refractivity contribution in [3.05, 3.63) is 0 Å². The van der Waals surface area contributed by atoms with Gasteiger partial charge in [-0.2, -0.15) is 0 Å². The van der Waals surface area contributed by atoms with E-state index in [1.807, 2.05) is 7.05 Å². The summed E-state index contributed by atoms with van der Waals surface area (Å²) in [5, 5.41) is 21.3. The molecule has 2 fully saturated rings. The second-order valence-corrected chi connectivity index (χ2v) is 5.50. The van der Waals surface area contributed by atoms with Gasteiger partial charge in [0, 0.05) is 26.1 Å². The number of β-amino-alcohol motifs (C(OH)–C–C–N with tert-alkyl or cyclic N) is 1. The zero-order chi connectivity index (χ0) is 14.0. The lowest BCUT2D eigenvalue weighted by Gasteiger charge is -2.22. The number of amides is 2. The molecular formula is C12H21N3O4. The molecule has 0 radical (unpaired) electrons. The number of likely N-dealkylation sites (tertiary alicyclic amines) is 2. The van der Waals surface area contributed by atoms with E-state index in [9.17, 15) is 14.7 Å². The fraction of sp³-hybridized carbons (Fsp3) is 0.833. The maximum Gasteiger partial charge on any atom is 0.326 e. The van der Waals surface area contributed by atoms with Crippen LogP contribution in [0.15, 0.2) is 0 Å². The topological polar surface area (TPSA) is 93.1 Å². The first-order chi connectivity index (χ1) is 8.97. The summed E-state index contributed by atoms with van der Waals surface area (Å²) < 4.78 is 0. The molecule has 0 spiro atoms. The first kappa shape index (κ1) is 14.1. The second-order valence-electron chi connectivity index (χ2n) is 5.50. The molecule has 7 nitrogen and oxygen atoms in total. The molecule has 19 heavy (non-hydrogen) atoms. The third-order valence-corrected chi connectivity index (χ3v) is 3.86. The van der Waals surface area contributed by atoms with Crippen molar-refractivity contribution in [2.24, 2.45) is 5.92 Å². The summed E-state index contributed by atoms with van der Waals surface area (Å²) in [6.07, 6.45) is 0.404. The number of carbonyl (C=O) groups excluding carboxylic acids is 1. The van der Waals surface area contributed by atoms with Gasteiger partial charge in [-0.15, -0.1) is 0 Å². The Morgan fingerprint density at radius 1 is 1.37 bits per heavy atom. The molecule has 7 heteroatoms. The van der Waals surface area contributed by atoms with E-state index in [0.717, 1.165) is 19.5 Å². The Balaban J connectivity index is 1.83. The lowest BCUT2D eigenvalue weighted by atomic mass is 10.1. The smallest absolute Gasteiger partial charge is 0.326 e. The molecule has 2 aliphatic heterocycles. The van der Waals surface area contributed by atoms with Crippen LogP contribution in [0.1, 0.15) is 12.8 Å². The third kappa shape index (κ3) is 3.36. The van der Waals surface area contributed by atoms with Crippen LogP contribution in [0.2, 0.25) is 0 Å². The zero-order valence-electron chi connectivity index (χ0n) is 11.1. The van der Waals surface area contributed by atoms with Crippen LogP contribution in [0, 0.1) is 5.92 Å². The number of nitrogens with zero attached hydrogens (tertiary/aromatic N) is 2. The summed E-state index contributed by atoms with van der Waals surface area (Å²) in [5.74, 6) is -0.642. The molecule has 108 valence electrons. The number of aliphatic hydroxyl groups excluding tert-OH is 1. The Hall–Kier alpha value is -1.34. The molecule has 0 aromatic carbocycles. The lowest BCUT2D eigenvalue weighted by molar-refractivity contribution is -0.141. The van der Waals surface area contributed by atoms with Crippen LogP contribution in [0.3, 0.4) is 0 Å². The van der Waals surface area contributed by atoms with E-state index >= 15 is 0 Å². The Bertz CT molecular complexity index is 363. The average molecular weight is 271 g/mol. The van der Waals surface area contributed by atoms with Gasteiger partial charge in [-0.25, -0.2) is 9.59 Å². The molecule has 0 aromatic heterocycles. The number of aliphatic carboxylic acids is 1. The van der Waals surface area contributed by atoms with Crippen molar-refractivity contribution < 1.29 is 19.8 Å². The summed E-state index contributed by atoms with van der Waals surface area (Å²) in [6.45, 7) is 2.63. The van der Waals surface area contributed by atoms with Gasteiger partial charge in [0.2, 0.25) is 0 Å². The van der Waals surface area contributed by atoms with Crippen molar-refractivity contribution in [3.8, 4) is 0 Å². The summed E-state index contributed by atoms with van der Waals surface area (Å²) in [5.41, 5.74) is 0. The molecule has 3 N–H and O–H groups in total. The van der Waals surface area contributed by atoms with E-state index in [-0.39, 0.29) is 13.0 Å². The van der Waals surface area contributed by atoms with E-state index in [1.54, 1.807) is 0 Å². The number of hydrogen-bond donors (Lipinski definition) is 3. The normalized spacial score (nSPS) is 31.7. The molecule has 2 amide bonds. The molecule has 2 aliphatic rings. The largest absolute Gasteiger partial charge is 0.480 e. The maximum absolute atomic E-state index is 12.0. The van der Waals surface area contributed by atoms with Crippen LogP contribution in [-0.2, 0) is 4.79 Å². The van der Waals surface area contributed by atoms with Gasteiger partial charge < -0.3 is 25.3 Å². The van der Waals surface area contributed by atoms with Crippen LogP contribution in [0.25, 0.3) is 0 Å². The Morgan fingerprint density at radius 3 is 2.68 bits per heavy atom. The number of aliphatic hydroxyl groups is 1. The summed E-state index contributed by atoms with van der Waals surface area (Å²) in [7, 11) is 2.04. The summed E-state index contributed by atoms with van der Waals surface area (Å²) in [4.78, 5) is 26.4. The van der Waals surface area contributed by atoms with Gasteiger partial charge in [0.05, 0.1) is 6.10 Å². The standard InChI is InChI=1S/C12H21N3O4/c1-14-3-2-8(6-14)5-13-12(19)15-7-9(16)4-10(15)11(17)18/h8-10,16H,2-7H2,1H3,(H,13,19)(H,17,18)/t8?,9-,10-/m0/s1. The van der Waals surface area contributed by atoms with E-state index < -0.39 is 24.1 Å². The minimum Gasteiger partial charge on any atom is -0.480 e. The lowest BCUT2D eigenvalue weighted by Crippen LogP contribution is -2.47. The highest BCUT2D eigenvalue weighted by atomic mass is 16.4. The summed E-state index contributed by atoms with van der Waals surface area (Å²) in [6, 6.07) is -1.31. The van der Waals surface area contributed by atoms with Crippen molar-refractivity contribution in [1.82, 2.24) is 15.1 Å². The van der Waals surface area contributed by atoms with Gasteiger partial charge in [-0.3, -0.25) is 0 Å². The number of hydrogen-bond acceptors (Lipinski definition) is 4. The average Bonchev–Trinajstić information content (AvgIpc) is 2.92. The van der Waals surface area contributed by atoms with Gasteiger partial charge in [0.15, 0.2) is 0 Å². The van der Waals surface area contributed by atoms with Crippen molar-refractivity contribution >= 4 is 12.0 Å². The minimum absolute atomic E-state index is 0.0906. The quantitative estimate of drug-likeness (QED) is 0.623. The number of urea groups is 1. The predicted molar refractivity (Wildman–Crippen MR) is 67.8 cm³/mol. The van der Waals surface area contributed by atoms with Crippen LogP contribution in [-0.4, -0.2) is 77.4 Å². The monoisotopic (exact) mass is 271 g/mol. The molecule has 0 saturated carbocycles. The first-order valence-corrected chi connectivity index (χ1v) is 6.61. The predicted octanol–water partition coefficient (Wildman–Crippen LogP) is -0.832. The van der Waals surface area contributed by atoms with Crippen LogP contribution in [0.4, 0.5) is 4.79 Å². The Kier molecular flexibility index (Phi) is 4.26. The SMILES string of the molecule is CN1CCC(CNC(=O)N2C[C@@H](O)C[C@H]2C(=O)O)C1. The van der Waals surface area contributed by atoms with E-state index in [1.165, 1.54) is 4.90 Å². The molecular weight excluding hydrogens is 250 g/mol. The van der Waals surface area contributed by atoms with Crippen molar-refractivity contribution in [3.63, 3.8) is 0 Å². The van der Waals surface area contributed by atoms with E-state index in [2.05, 4.69) is 10.2 Å². The van der Waals surface area contributed by atoms with Gasteiger partial charge in [-0.1, -0.05) is 0 Å². The molecule has 0 aliphatic carbocycles. The van der Waals surface area contributed by atoms with Crippen LogP contribution in [0.5, 0.6) is 0 Å². The Labute approximate surface area is 112 Å². The molecule has 1 unspecified atom stereocenters. The highest BCUT2D eigenvalue weighted by Gasteiger charge is 2.39. The van der Waals surface area contributed by atoms with Crippen molar-refractivity contribution in [2.45, 2.75) is 25.0 Å². The zero-order valence-corrected chi connectivity index (χ0v) is 11.1. The first-order valence-electron chi connectivity index (χ1n) is 6.61. The van der Waals surface area contributed by atoms with Gasteiger partial charge in [0.25, 0.3) is 0 Å². The molecule has 2 rings (SSSR count). The van der Waals surface area contributed by atoms with Crippen LogP contribution < -0.4 is 5.32 Å². The highest BCUT2D eigenvalue weighted by Crippen LogP contribution is 2.18. The van der Waals surface area contributed by atoms with Crippen LogP contribution >= 0.6 is 0 Å². The number of rotatable bonds is 3. The molecule has 2 saturated heterocycles. The number of carboxylic acid groups (broad SMARTS) is 1. The third-order valence-electron chi connectivity index (χ3n) is 3.86. The van der Waals surface area contributed by atoms with E-state index in [0.29, 0.717) is 12.5 Å². The van der Waals surface area contributed by atoms with Gasteiger partial charge >= 0.3 is 12.0 Å². The molecule has 0 bridgehead atoms. The maximum atomic E-state index is 12.0. The van der Waals surface area contributed by atoms with Gasteiger partial charge in [-0.05, 0) is 25.9 Å². The molecule has 3 atom stereocenters. The highest BCUT2D eigenvalue weighted by molar-refractivity contribution is 5.83. The number of nitrogens with one attached hydrogen (secondary N) is 1. The Morgan fingerprint density at radius 2 is 2.11 bits per heavy atom. The van der Waals surface area contributed by atoms with Gasteiger partial charge in [0.1, 0.15) is 6.04 Å². The second kappa shape index (κ2) is 5.75. The van der Waals surface area contributed by atoms with Crippen molar-refractivity contribution in [2.75, 3.05) is 33.2 Å². The minimum atomic E-state index is -1.06. The van der Waals surface area contributed by atoms with Crippen molar-refractivity contribution in [1.29, 1.82) is 0 Å². The summed E-state index contributed by atoms with van der Waals surface area (Å²) >= 11 is 0.